The van der Waals surface area contributed by atoms with Crippen molar-refractivity contribution in [1.29, 1.82) is 0 Å². The fourth-order valence-electron chi connectivity index (χ4n) is 9.16. The van der Waals surface area contributed by atoms with Crippen LogP contribution in [0.1, 0.15) is 0 Å². The summed E-state index contributed by atoms with van der Waals surface area (Å²) < 4.78 is 24.3. The zero-order valence-electron chi connectivity index (χ0n) is 34.0. The van der Waals surface area contributed by atoms with Crippen LogP contribution in [0.5, 0.6) is 34.5 Å². The molecule has 0 atom stereocenters. The highest BCUT2D eigenvalue weighted by Crippen LogP contribution is 2.54. The molecule has 0 fully saturated rings. The van der Waals surface area contributed by atoms with Gasteiger partial charge in [0.15, 0.2) is 23.0 Å². The van der Waals surface area contributed by atoms with Crippen LogP contribution in [0.25, 0.3) is 54.6 Å². The summed E-state index contributed by atoms with van der Waals surface area (Å²) in [6, 6.07) is 68.1. The first-order chi connectivity index (χ1) is 30.6. The van der Waals surface area contributed by atoms with Gasteiger partial charge >= 0.3 is 0 Å². The SMILES string of the molecule is COc1ccc2cc(N3c4ccccc4Oc4cc(-c5ccc(-c6ccc7c(c6)Oc6ccccc6N7c6ccc7cc(OC)ccc7c6)c6ccccc56)ccc43)ccc2c1. The first-order valence-electron chi connectivity index (χ1n) is 20.7. The summed E-state index contributed by atoms with van der Waals surface area (Å²) in [5.74, 6) is 4.90. The third-order valence-corrected chi connectivity index (χ3v) is 12.2. The van der Waals surface area contributed by atoms with Gasteiger partial charge in [0.1, 0.15) is 11.5 Å². The molecular weight excluding hydrogens is 765 g/mol. The number of para-hydroxylation sites is 4. The summed E-state index contributed by atoms with van der Waals surface area (Å²) in [5.41, 5.74) is 10.5. The minimum Gasteiger partial charge on any atom is -0.497 e. The Morgan fingerprint density at radius 1 is 0.339 bits per heavy atom. The molecule has 62 heavy (non-hydrogen) atoms. The lowest BCUT2D eigenvalue weighted by atomic mass is 9.91. The fraction of sp³-hybridized carbons (Fsp3) is 0.0357. The van der Waals surface area contributed by atoms with Crippen molar-refractivity contribution in [1.82, 2.24) is 0 Å². The van der Waals surface area contributed by atoms with E-state index in [0.29, 0.717) is 0 Å². The van der Waals surface area contributed by atoms with Gasteiger partial charge in [0.2, 0.25) is 0 Å². The maximum absolute atomic E-state index is 6.68. The van der Waals surface area contributed by atoms with Crippen molar-refractivity contribution in [3.63, 3.8) is 0 Å². The number of benzene rings is 10. The van der Waals surface area contributed by atoms with Crippen LogP contribution in [-0.2, 0) is 0 Å². The molecule has 2 aliphatic rings. The van der Waals surface area contributed by atoms with E-state index in [1.165, 1.54) is 0 Å². The molecule has 6 nitrogen and oxygen atoms in total. The Bertz CT molecular complexity index is 3210. The van der Waals surface area contributed by atoms with Crippen molar-refractivity contribution in [2.75, 3.05) is 24.0 Å². The Hall–Kier alpha value is -8.22. The molecule has 0 saturated carbocycles. The Balaban J connectivity index is 0.928. The topological polar surface area (TPSA) is 43.4 Å². The van der Waals surface area contributed by atoms with Gasteiger partial charge < -0.3 is 28.7 Å². The molecule has 10 aromatic rings. The number of methoxy groups -OCH3 is 2. The molecule has 296 valence electrons. The molecule has 0 aromatic heterocycles. The third-order valence-electron chi connectivity index (χ3n) is 12.2. The van der Waals surface area contributed by atoms with Gasteiger partial charge in [-0.25, -0.2) is 0 Å². The smallest absolute Gasteiger partial charge is 0.152 e. The van der Waals surface area contributed by atoms with E-state index < -0.39 is 0 Å². The van der Waals surface area contributed by atoms with Crippen LogP contribution in [0.2, 0.25) is 0 Å². The maximum atomic E-state index is 6.68. The van der Waals surface area contributed by atoms with E-state index in [9.17, 15) is 0 Å². The molecule has 0 unspecified atom stereocenters. The van der Waals surface area contributed by atoms with E-state index in [1.807, 2.05) is 36.4 Å². The molecule has 2 aliphatic heterocycles. The average molecular weight is 803 g/mol. The van der Waals surface area contributed by atoms with Crippen molar-refractivity contribution in [3.05, 3.63) is 194 Å². The molecule has 12 rings (SSSR count). The summed E-state index contributed by atoms with van der Waals surface area (Å²) in [4.78, 5) is 4.58. The lowest BCUT2D eigenvalue weighted by molar-refractivity contribution is 0.415. The number of hydrogen-bond acceptors (Lipinski definition) is 6. The number of nitrogens with zero attached hydrogens (tertiary/aromatic N) is 2. The number of rotatable bonds is 6. The highest BCUT2D eigenvalue weighted by Gasteiger charge is 2.28. The second kappa shape index (κ2) is 14.2. The van der Waals surface area contributed by atoms with E-state index in [0.717, 1.165) is 123 Å². The predicted octanol–water partition coefficient (Wildman–Crippen LogP) is 15.6. The largest absolute Gasteiger partial charge is 0.497 e. The van der Waals surface area contributed by atoms with Crippen LogP contribution in [0.3, 0.4) is 0 Å². The van der Waals surface area contributed by atoms with Crippen molar-refractivity contribution in [2.24, 2.45) is 0 Å². The van der Waals surface area contributed by atoms with E-state index in [-0.39, 0.29) is 0 Å². The molecule has 2 heterocycles. The Labute approximate surface area is 359 Å². The Morgan fingerprint density at radius 2 is 0.742 bits per heavy atom. The molecule has 0 N–H and O–H groups in total. The molecule has 0 bridgehead atoms. The van der Waals surface area contributed by atoms with Gasteiger partial charge in [0.05, 0.1) is 37.0 Å². The van der Waals surface area contributed by atoms with Crippen LogP contribution in [0.15, 0.2) is 194 Å². The van der Waals surface area contributed by atoms with Crippen molar-refractivity contribution >= 4 is 66.4 Å². The van der Waals surface area contributed by atoms with Crippen molar-refractivity contribution < 1.29 is 18.9 Å². The Kier molecular flexibility index (Phi) is 8.18. The normalized spacial score (nSPS) is 12.5. The summed E-state index contributed by atoms with van der Waals surface area (Å²) in [6.07, 6.45) is 0. The quantitative estimate of drug-likeness (QED) is 0.167. The van der Waals surface area contributed by atoms with E-state index in [1.54, 1.807) is 14.2 Å². The number of ether oxygens (including phenoxy) is 4. The van der Waals surface area contributed by atoms with Crippen LogP contribution in [0, 0.1) is 0 Å². The summed E-state index contributed by atoms with van der Waals surface area (Å²) >= 11 is 0. The maximum Gasteiger partial charge on any atom is 0.152 e. The standard InChI is InChI=1S/C56H38N2O4/c1-59-43-23-17-35-29-41(21-15-37(35)31-43)57-49-11-5-7-13-53(49)61-55-33-39(19-27-51(55)57)45-25-26-46(48-10-4-3-9-47(45)48)40-20-28-52-56(34-40)62-54-14-8-6-12-50(54)58(52)42-22-16-38-32-44(60-2)24-18-36(38)30-42/h3-34H,1-2H3. The minimum atomic E-state index is 0.798. The monoisotopic (exact) mass is 802 g/mol. The van der Waals surface area contributed by atoms with Crippen LogP contribution in [0.4, 0.5) is 34.1 Å². The van der Waals surface area contributed by atoms with Crippen LogP contribution < -0.4 is 28.7 Å². The highest BCUT2D eigenvalue weighted by atomic mass is 16.5. The van der Waals surface area contributed by atoms with E-state index in [4.69, 9.17) is 18.9 Å². The van der Waals surface area contributed by atoms with Gasteiger partial charge in [-0.05, 0) is 152 Å². The Morgan fingerprint density at radius 3 is 1.21 bits per heavy atom. The first kappa shape index (κ1) is 35.7. The fourth-order valence-corrected chi connectivity index (χ4v) is 9.16. The van der Waals surface area contributed by atoms with Gasteiger partial charge in [-0.15, -0.1) is 0 Å². The minimum absolute atomic E-state index is 0.798. The lowest BCUT2D eigenvalue weighted by Crippen LogP contribution is -2.15. The zero-order valence-corrected chi connectivity index (χ0v) is 34.0. The predicted molar refractivity (Wildman–Crippen MR) is 252 cm³/mol. The number of fused-ring (bicyclic) bond motifs is 7. The van der Waals surface area contributed by atoms with Gasteiger partial charge in [-0.1, -0.05) is 97.1 Å². The average Bonchev–Trinajstić information content (AvgIpc) is 3.33. The summed E-state index contributed by atoms with van der Waals surface area (Å²) in [5, 5.41) is 6.83. The molecule has 0 radical (unpaired) electrons. The van der Waals surface area contributed by atoms with Gasteiger partial charge in [0.25, 0.3) is 0 Å². The highest BCUT2D eigenvalue weighted by molar-refractivity contribution is 6.06. The van der Waals surface area contributed by atoms with Gasteiger partial charge in [-0.3, -0.25) is 0 Å². The third kappa shape index (κ3) is 5.80. The van der Waals surface area contributed by atoms with Crippen LogP contribution in [-0.4, -0.2) is 14.2 Å². The van der Waals surface area contributed by atoms with E-state index >= 15 is 0 Å². The molecule has 0 spiro atoms. The summed E-state index contributed by atoms with van der Waals surface area (Å²) in [6.45, 7) is 0. The lowest BCUT2D eigenvalue weighted by Gasteiger charge is -2.33. The van der Waals surface area contributed by atoms with Gasteiger partial charge in [-0.2, -0.15) is 0 Å². The molecule has 10 aromatic carbocycles. The summed E-state index contributed by atoms with van der Waals surface area (Å²) in [7, 11) is 3.40. The van der Waals surface area contributed by atoms with Crippen molar-refractivity contribution in [3.8, 4) is 56.8 Å². The van der Waals surface area contributed by atoms with Gasteiger partial charge in [0, 0.05) is 11.4 Å². The molecule has 0 saturated heterocycles. The second-order valence-electron chi connectivity index (χ2n) is 15.7. The van der Waals surface area contributed by atoms with Crippen LogP contribution >= 0.6 is 0 Å². The second-order valence-corrected chi connectivity index (χ2v) is 15.7. The van der Waals surface area contributed by atoms with E-state index in [2.05, 4.69) is 168 Å². The first-order valence-corrected chi connectivity index (χ1v) is 20.7. The zero-order chi connectivity index (χ0) is 41.3. The van der Waals surface area contributed by atoms with Crippen molar-refractivity contribution in [2.45, 2.75) is 0 Å². The molecule has 0 aliphatic carbocycles. The molecule has 6 heteroatoms. The number of hydrogen-bond donors (Lipinski definition) is 0. The molecule has 0 amide bonds. The molecular formula is C56H38N2O4. The number of anilines is 6.